The molecule has 3 amide bonds. The first-order valence-electron chi connectivity index (χ1n) is 10.6. The summed E-state index contributed by atoms with van der Waals surface area (Å²) in [5, 5.41) is 2.75. The average molecular weight is 458 g/mol. The maximum absolute atomic E-state index is 13.2. The number of carbonyl (C=O) groups excluding carboxylic acids is 3. The zero-order chi connectivity index (χ0) is 23.3. The second kappa shape index (κ2) is 9.95. The molecule has 1 heterocycles. The SMILES string of the molecule is CCNC(=O)[C@H](CC)N(Cc1ccccc1)C(=O)CCN1C(=O)c2ccccc2S1(=O)=O. The molecule has 1 atom stereocenters. The van der Waals surface area contributed by atoms with Crippen molar-refractivity contribution in [1.29, 1.82) is 0 Å². The normalized spacial score (nSPS) is 15.2. The minimum Gasteiger partial charge on any atom is -0.355 e. The largest absolute Gasteiger partial charge is 0.355 e. The molecule has 0 aliphatic carbocycles. The van der Waals surface area contributed by atoms with Crippen LogP contribution in [0.3, 0.4) is 0 Å². The van der Waals surface area contributed by atoms with Crippen LogP contribution in [0, 0.1) is 0 Å². The van der Waals surface area contributed by atoms with E-state index < -0.39 is 27.9 Å². The molecule has 0 saturated heterocycles. The number of nitrogens with zero attached hydrogens (tertiary/aromatic N) is 2. The Morgan fingerprint density at radius 3 is 2.31 bits per heavy atom. The summed E-state index contributed by atoms with van der Waals surface area (Å²) in [5.41, 5.74) is 0.954. The van der Waals surface area contributed by atoms with Crippen molar-refractivity contribution >= 4 is 27.7 Å². The molecule has 0 saturated carbocycles. The van der Waals surface area contributed by atoms with Crippen molar-refractivity contribution in [3.8, 4) is 0 Å². The van der Waals surface area contributed by atoms with Crippen LogP contribution in [0.5, 0.6) is 0 Å². The maximum Gasteiger partial charge on any atom is 0.269 e. The Hall–Kier alpha value is -3.20. The molecule has 1 N–H and O–H groups in total. The number of carbonyl (C=O) groups is 3. The van der Waals surface area contributed by atoms with Gasteiger partial charge in [0.2, 0.25) is 11.8 Å². The molecule has 1 aliphatic rings. The molecule has 170 valence electrons. The first-order chi connectivity index (χ1) is 15.3. The van der Waals surface area contributed by atoms with Gasteiger partial charge in [-0.3, -0.25) is 14.4 Å². The summed E-state index contributed by atoms with van der Waals surface area (Å²) in [7, 11) is -3.99. The number of benzene rings is 2. The van der Waals surface area contributed by atoms with Gasteiger partial charge in [0.15, 0.2) is 0 Å². The smallest absolute Gasteiger partial charge is 0.269 e. The summed E-state index contributed by atoms with van der Waals surface area (Å²) in [6.45, 7) is 3.97. The topological polar surface area (TPSA) is 104 Å². The molecule has 0 bridgehead atoms. The molecule has 2 aromatic carbocycles. The molecule has 0 radical (unpaired) electrons. The third-order valence-electron chi connectivity index (χ3n) is 5.37. The Bertz CT molecular complexity index is 1100. The van der Waals surface area contributed by atoms with Crippen molar-refractivity contribution in [2.24, 2.45) is 0 Å². The van der Waals surface area contributed by atoms with Gasteiger partial charge < -0.3 is 10.2 Å². The van der Waals surface area contributed by atoms with Gasteiger partial charge in [-0.15, -0.1) is 0 Å². The molecule has 0 spiro atoms. The van der Waals surface area contributed by atoms with Crippen LogP contribution in [-0.4, -0.2) is 54.5 Å². The van der Waals surface area contributed by atoms with E-state index in [2.05, 4.69) is 5.32 Å². The molecule has 2 aromatic rings. The predicted molar refractivity (Wildman–Crippen MR) is 119 cm³/mol. The number of likely N-dealkylation sites (N-methyl/N-ethyl adjacent to an activating group) is 1. The van der Waals surface area contributed by atoms with Crippen LogP contribution < -0.4 is 5.32 Å². The molecule has 1 aliphatic heterocycles. The second-order valence-electron chi connectivity index (χ2n) is 7.45. The van der Waals surface area contributed by atoms with Crippen LogP contribution in [-0.2, 0) is 26.2 Å². The summed E-state index contributed by atoms with van der Waals surface area (Å²) in [5.74, 6) is -1.30. The Labute approximate surface area is 188 Å². The molecular weight excluding hydrogens is 430 g/mol. The van der Waals surface area contributed by atoms with Crippen LogP contribution in [0.4, 0.5) is 0 Å². The zero-order valence-corrected chi connectivity index (χ0v) is 19.0. The lowest BCUT2D eigenvalue weighted by atomic mass is 10.1. The summed E-state index contributed by atoms with van der Waals surface area (Å²) in [6, 6.07) is 14.6. The van der Waals surface area contributed by atoms with E-state index in [1.54, 1.807) is 19.1 Å². The number of nitrogens with one attached hydrogen (secondary N) is 1. The van der Waals surface area contributed by atoms with E-state index >= 15 is 0 Å². The molecular formula is C23H27N3O5S. The minimum atomic E-state index is -3.99. The highest BCUT2D eigenvalue weighted by molar-refractivity contribution is 7.90. The second-order valence-corrected chi connectivity index (χ2v) is 9.29. The van der Waals surface area contributed by atoms with Crippen LogP contribution in [0.2, 0.25) is 0 Å². The van der Waals surface area contributed by atoms with E-state index in [4.69, 9.17) is 0 Å². The number of rotatable bonds is 9. The average Bonchev–Trinajstić information content (AvgIpc) is 2.98. The van der Waals surface area contributed by atoms with Crippen molar-refractivity contribution in [1.82, 2.24) is 14.5 Å². The van der Waals surface area contributed by atoms with E-state index in [9.17, 15) is 22.8 Å². The molecule has 0 aromatic heterocycles. The summed E-state index contributed by atoms with van der Waals surface area (Å²) >= 11 is 0. The van der Waals surface area contributed by atoms with Crippen molar-refractivity contribution in [2.75, 3.05) is 13.1 Å². The highest BCUT2D eigenvalue weighted by Gasteiger charge is 2.41. The highest BCUT2D eigenvalue weighted by Crippen LogP contribution is 2.30. The van der Waals surface area contributed by atoms with Crippen LogP contribution in [0.25, 0.3) is 0 Å². The van der Waals surface area contributed by atoms with E-state index in [1.807, 2.05) is 37.3 Å². The quantitative estimate of drug-likeness (QED) is 0.622. The van der Waals surface area contributed by atoms with Gasteiger partial charge in [0.1, 0.15) is 10.9 Å². The molecule has 8 nitrogen and oxygen atoms in total. The fraction of sp³-hybridized carbons (Fsp3) is 0.348. The first kappa shape index (κ1) is 23.5. The summed E-state index contributed by atoms with van der Waals surface area (Å²) in [4.78, 5) is 39.9. The van der Waals surface area contributed by atoms with Crippen LogP contribution in [0.1, 0.15) is 42.6 Å². The van der Waals surface area contributed by atoms with Gasteiger partial charge in [0, 0.05) is 26.1 Å². The van der Waals surface area contributed by atoms with Gasteiger partial charge in [-0.05, 0) is 31.0 Å². The number of hydrogen-bond donors (Lipinski definition) is 1. The van der Waals surface area contributed by atoms with Gasteiger partial charge in [0.25, 0.3) is 15.9 Å². The standard InChI is InChI=1S/C23H27N3O5S/c1-3-19(22(28)24-4-2)25(16-17-10-6-5-7-11-17)21(27)14-15-26-23(29)18-12-8-9-13-20(18)32(26,30)31/h5-13,19H,3-4,14-16H2,1-2H3,(H,24,28)/t19-/m0/s1. The van der Waals surface area contributed by atoms with Crippen LogP contribution >= 0.6 is 0 Å². The van der Waals surface area contributed by atoms with Gasteiger partial charge in [-0.1, -0.05) is 49.4 Å². The molecule has 0 unspecified atom stereocenters. The molecule has 0 fully saturated rings. The lowest BCUT2D eigenvalue weighted by Crippen LogP contribution is -2.49. The van der Waals surface area contributed by atoms with E-state index in [0.717, 1.165) is 9.87 Å². The Balaban J connectivity index is 1.81. The first-order valence-corrected chi connectivity index (χ1v) is 12.0. The van der Waals surface area contributed by atoms with Crippen molar-refractivity contribution in [2.45, 2.75) is 44.2 Å². The predicted octanol–water partition coefficient (Wildman–Crippen LogP) is 2.16. The minimum absolute atomic E-state index is 0.0488. The lowest BCUT2D eigenvalue weighted by molar-refractivity contribution is -0.141. The maximum atomic E-state index is 13.2. The zero-order valence-electron chi connectivity index (χ0n) is 18.2. The number of hydrogen-bond acceptors (Lipinski definition) is 5. The van der Waals surface area contributed by atoms with E-state index in [-0.39, 0.29) is 35.9 Å². The van der Waals surface area contributed by atoms with Crippen molar-refractivity contribution in [3.63, 3.8) is 0 Å². The fourth-order valence-corrected chi connectivity index (χ4v) is 5.35. The van der Waals surface area contributed by atoms with Gasteiger partial charge >= 0.3 is 0 Å². The number of sulfonamides is 1. The molecule has 9 heteroatoms. The third kappa shape index (κ3) is 4.67. The fourth-order valence-electron chi connectivity index (χ4n) is 3.78. The third-order valence-corrected chi connectivity index (χ3v) is 7.21. The monoisotopic (exact) mass is 457 g/mol. The highest BCUT2D eigenvalue weighted by atomic mass is 32.2. The van der Waals surface area contributed by atoms with Crippen LogP contribution in [0.15, 0.2) is 59.5 Å². The summed E-state index contributed by atoms with van der Waals surface area (Å²) in [6.07, 6.45) is 0.179. The van der Waals surface area contributed by atoms with Crippen molar-refractivity contribution < 1.29 is 22.8 Å². The Kier molecular flexibility index (Phi) is 7.29. The van der Waals surface area contributed by atoms with Gasteiger partial charge in [0.05, 0.1) is 5.56 Å². The summed E-state index contributed by atoms with van der Waals surface area (Å²) < 4.78 is 26.3. The van der Waals surface area contributed by atoms with Gasteiger partial charge in [-0.25, -0.2) is 12.7 Å². The van der Waals surface area contributed by atoms with E-state index in [1.165, 1.54) is 17.0 Å². The lowest BCUT2D eigenvalue weighted by Gasteiger charge is -2.31. The number of fused-ring (bicyclic) bond motifs is 1. The Morgan fingerprint density at radius 1 is 1.03 bits per heavy atom. The molecule has 3 rings (SSSR count). The molecule has 32 heavy (non-hydrogen) atoms. The van der Waals surface area contributed by atoms with Gasteiger partial charge in [-0.2, -0.15) is 0 Å². The Morgan fingerprint density at radius 2 is 1.69 bits per heavy atom. The van der Waals surface area contributed by atoms with E-state index in [0.29, 0.717) is 13.0 Å². The number of amides is 3. The van der Waals surface area contributed by atoms with Crippen molar-refractivity contribution in [3.05, 3.63) is 65.7 Å².